The molecule has 0 amide bonds. The maximum absolute atomic E-state index is 10.9. The summed E-state index contributed by atoms with van der Waals surface area (Å²) in [5.41, 5.74) is 1.55. The highest BCUT2D eigenvalue weighted by atomic mass is 16.6. The van der Waals surface area contributed by atoms with Crippen molar-refractivity contribution < 1.29 is 14.4 Å². The van der Waals surface area contributed by atoms with Crippen molar-refractivity contribution in [3.8, 4) is 11.5 Å². The minimum absolute atomic E-state index is 0.278. The molecule has 0 spiro atoms. The molecule has 0 bridgehead atoms. The lowest BCUT2D eigenvalue weighted by molar-refractivity contribution is -0.403. The SMILES string of the molecule is COc1ccc(N/C(=C/[N+](=O)[O-])NCCCn2cnc(C)c2)c(OC)c1. The maximum Gasteiger partial charge on any atom is 0.274 e. The fourth-order valence-corrected chi connectivity index (χ4v) is 2.35. The molecular weight excluding hydrogens is 338 g/mol. The van der Waals surface area contributed by atoms with Crippen LogP contribution in [0.2, 0.25) is 0 Å². The molecule has 0 atom stereocenters. The van der Waals surface area contributed by atoms with Gasteiger partial charge in [0.05, 0.1) is 36.9 Å². The third-order valence-electron chi connectivity index (χ3n) is 3.58. The van der Waals surface area contributed by atoms with Crippen molar-refractivity contribution >= 4 is 5.69 Å². The second-order valence-electron chi connectivity index (χ2n) is 5.55. The molecule has 2 rings (SSSR count). The molecule has 140 valence electrons. The first kappa shape index (κ1) is 19.1. The van der Waals surface area contributed by atoms with Gasteiger partial charge in [-0.2, -0.15) is 0 Å². The van der Waals surface area contributed by atoms with E-state index in [0.29, 0.717) is 23.7 Å². The lowest BCUT2D eigenvalue weighted by Crippen LogP contribution is -2.23. The van der Waals surface area contributed by atoms with Crippen molar-refractivity contribution in [2.24, 2.45) is 0 Å². The second-order valence-corrected chi connectivity index (χ2v) is 5.55. The Bertz CT molecular complexity index is 772. The summed E-state index contributed by atoms with van der Waals surface area (Å²) in [5, 5.41) is 16.9. The van der Waals surface area contributed by atoms with Crippen LogP contribution in [0.3, 0.4) is 0 Å². The number of rotatable bonds is 10. The number of hydrogen-bond donors (Lipinski definition) is 2. The predicted molar refractivity (Wildman–Crippen MR) is 97.8 cm³/mol. The number of aryl methyl sites for hydroxylation is 2. The zero-order valence-electron chi connectivity index (χ0n) is 15.1. The smallest absolute Gasteiger partial charge is 0.274 e. The zero-order valence-corrected chi connectivity index (χ0v) is 15.1. The highest BCUT2D eigenvalue weighted by molar-refractivity contribution is 5.61. The number of nitrogens with one attached hydrogen (secondary N) is 2. The van der Waals surface area contributed by atoms with Crippen LogP contribution in [0.5, 0.6) is 11.5 Å². The Morgan fingerprint density at radius 1 is 1.38 bits per heavy atom. The zero-order chi connectivity index (χ0) is 18.9. The molecule has 1 aromatic carbocycles. The van der Waals surface area contributed by atoms with E-state index in [-0.39, 0.29) is 5.82 Å². The Morgan fingerprint density at radius 3 is 2.81 bits per heavy atom. The highest BCUT2D eigenvalue weighted by Gasteiger charge is 2.09. The Balaban J connectivity index is 1.98. The molecular formula is C17H23N5O4. The van der Waals surface area contributed by atoms with Crippen LogP contribution in [0, 0.1) is 17.0 Å². The lowest BCUT2D eigenvalue weighted by Gasteiger charge is -2.15. The monoisotopic (exact) mass is 361 g/mol. The summed E-state index contributed by atoms with van der Waals surface area (Å²) in [6.45, 7) is 3.26. The van der Waals surface area contributed by atoms with E-state index in [2.05, 4.69) is 15.6 Å². The van der Waals surface area contributed by atoms with E-state index in [1.54, 1.807) is 31.6 Å². The highest BCUT2D eigenvalue weighted by Crippen LogP contribution is 2.29. The van der Waals surface area contributed by atoms with Crippen LogP contribution >= 0.6 is 0 Å². The minimum Gasteiger partial charge on any atom is -0.497 e. The molecule has 1 heterocycles. The van der Waals surface area contributed by atoms with E-state index in [9.17, 15) is 10.1 Å². The molecule has 0 saturated heterocycles. The van der Waals surface area contributed by atoms with Gasteiger partial charge in [0.15, 0.2) is 5.82 Å². The molecule has 0 radical (unpaired) electrons. The fourth-order valence-electron chi connectivity index (χ4n) is 2.35. The molecule has 0 aliphatic heterocycles. The summed E-state index contributed by atoms with van der Waals surface area (Å²) in [6.07, 6.45) is 5.40. The number of anilines is 1. The molecule has 2 N–H and O–H groups in total. The Hall–Kier alpha value is -3.23. The van der Waals surface area contributed by atoms with Gasteiger partial charge >= 0.3 is 0 Å². The summed E-state index contributed by atoms with van der Waals surface area (Å²) in [6, 6.07) is 5.19. The van der Waals surface area contributed by atoms with Crippen LogP contribution in [0.25, 0.3) is 0 Å². The van der Waals surface area contributed by atoms with Gasteiger partial charge in [-0.3, -0.25) is 10.1 Å². The summed E-state index contributed by atoms with van der Waals surface area (Å²) < 4.78 is 12.4. The number of imidazole rings is 1. The van der Waals surface area contributed by atoms with Crippen molar-refractivity contribution in [2.45, 2.75) is 19.9 Å². The molecule has 0 fully saturated rings. The van der Waals surface area contributed by atoms with Gasteiger partial charge in [-0.25, -0.2) is 4.98 Å². The molecule has 1 aromatic heterocycles. The molecule has 9 nitrogen and oxygen atoms in total. The Morgan fingerprint density at radius 2 is 2.19 bits per heavy atom. The van der Waals surface area contributed by atoms with Crippen LogP contribution in [0.4, 0.5) is 5.69 Å². The van der Waals surface area contributed by atoms with Gasteiger partial charge in [0.2, 0.25) is 0 Å². The number of hydrogen-bond acceptors (Lipinski definition) is 7. The van der Waals surface area contributed by atoms with E-state index < -0.39 is 4.92 Å². The standard InChI is InChI=1S/C17H23N5O4/c1-13-10-21(12-19-13)8-4-7-18-17(11-22(23)24)20-15-6-5-14(25-2)9-16(15)26-3/h5-6,9-12,18,20H,4,7-8H2,1-3H3/b17-11+. The van der Waals surface area contributed by atoms with Crippen LogP contribution in [-0.2, 0) is 6.54 Å². The van der Waals surface area contributed by atoms with E-state index >= 15 is 0 Å². The average Bonchev–Trinajstić information content (AvgIpc) is 3.03. The summed E-state index contributed by atoms with van der Waals surface area (Å²) in [4.78, 5) is 14.6. The first-order valence-corrected chi connectivity index (χ1v) is 8.08. The minimum atomic E-state index is -0.509. The normalized spacial score (nSPS) is 11.1. The number of benzene rings is 1. The van der Waals surface area contributed by atoms with Gasteiger partial charge in [-0.15, -0.1) is 0 Å². The molecule has 0 saturated carbocycles. The number of aromatic nitrogens is 2. The van der Waals surface area contributed by atoms with E-state index in [1.807, 2.05) is 17.7 Å². The number of ether oxygens (including phenoxy) is 2. The van der Waals surface area contributed by atoms with E-state index in [1.165, 1.54) is 7.11 Å². The van der Waals surface area contributed by atoms with E-state index in [0.717, 1.165) is 24.9 Å². The molecule has 26 heavy (non-hydrogen) atoms. The molecule has 2 aromatic rings. The van der Waals surface area contributed by atoms with Crippen LogP contribution in [0.15, 0.2) is 42.7 Å². The van der Waals surface area contributed by atoms with E-state index in [4.69, 9.17) is 9.47 Å². The van der Waals surface area contributed by atoms with Crippen molar-refractivity contribution in [2.75, 3.05) is 26.1 Å². The van der Waals surface area contributed by atoms with Gasteiger partial charge in [0, 0.05) is 25.4 Å². The van der Waals surface area contributed by atoms with Crippen LogP contribution in [0.1, 0.15) is 12.1 Å². The maximum atomic E-state index is 10.9. The average molecular weight is 361 g/mol. The van der Waals surface area contributed by atoms with Gasteiger partial charge in [-0.1, -0.05) is 0 Å². The number of nitrogens with zero attached hydrogens (tertiary/aromatic N) is 3. The second kappa shape index (κ2) is 9.30. The van der Waals surface area contributed by atoms with Crippen molar-refractivity contribution in [1.29, 1.82) is 0 Å². The lowest BCUT2D eigenvalue weighted by atomic mass is 10.2. The van der Waals surface area contributed by atoms with Crippen molar-refractivity contribution in [3.63, 3.8) is 0 Å². The van der Waals surface area contributed by atoms with Gasteiger partial charge in [0.25, 0.3) is 6.20 Å². The first-order valence-electron chi connectivity index (χ1n) is 8.08. The topological polar surface area (TPSA) is 103 Å². The summed E-state index contributed by atoms with van der Waals surface area (Å²) in [5.74, 6) is 1.44. The number of nitro groups is 1. The van der Waals surface area contributed by atoms with Crippen LogP contribution in [-0.4, -0.2) is 35.2 Å². The Labute approximate surface area is 151 Å². The van der Waals surface area contributed by atoms with Gasteiger partial charge in [0.1, 0.15) is 11.5 Å². The third kappa shape index (κ3) is 5.69. The van der Waals surface area contributed by atoms with Gasteiger partial charge < -0.3 is 24.7 Å². The van der Waals surface area contributed by atoms with Crippen LogP contribution < -0.4 is 20.1 Å². The fraction of sp³-hybridized carbons (Fsp3) is 0.353. The summed E-state index contributed by atoms with van der Waals surface area (Å²) >= 11 is 0. The molecule has 0 aliphatic rings. The predicted octanol–water partition coefficient (Wildman–Crippen LogP) is 2.38. The van der Waals surface area contributed by atoms with Crippen molar-refractivity contribution in [1.82, 2.24) is 14.9 Å². The first-order chi connectivity index (χ1) is 12.5. The van der Waals surface area contributed by atoms with Crippen molar-refractivity contribution in [3.05, 3.63) is 58.6 Å². The largest absolute Gasteiger partial charge is 0.497 e. The molecule has 0 aliphatic carbocycles. The third-order valence-corrected chi connectivity index (χ3v) is 3.58. The quantitative estimate of drug-likeness (QED) is 0.380. The number of methoxy groups -OCH3 is 2. The molecule has 0 unspecified atom stereocenters. The Kier molecular flexibility index (Phi) is 6.84. The summed E-state index contributed by atoms with van der Waals surface area (Å²) in [7, 11) is 3.08. The van der Waals surface area contributed by atoms with Gasteiger partial charge in [-0.05, 0) is 25.5 Å². The molecule has 9 heteroatoms.